The van der Waals surface area contributed by atoms with E-state index in [2.05, 4.69) is 5.32 Å². The largest absolute Gasteiger partial charge is 0.496 e. The van der Waals surface area contributed by atoms with E-state index in [4.69, 9.17) is 9.47 Å². The van der Waals surface area contributed by atoms with Gasteiger partial charge in [0.1, 0.15) is 11.5 Å². The van der Waals surface area contributed by atoms with Gasteiger partial charge in [-0.15, -0.1) is 0 Å². The molecule has 2 aromatic rings. The third kappa shape index (κ3) is 5.32. The number of methoxy groups -OCH3 is 1. The highest BCUT2D eigenvalue weighted by Gasteiger charge is 2.28. The first kappa shape index (κ1) is 21.7. The normalized spacial score (nSPS) is 16.4. The van der Waals surface area contributed by atoms with Gasteiger partial charge < -0.3 is 19.7 Å². The van der Waals surface area contributed by atoms with Crippen LogP contribution in [0.2, 0.25) is 0 Å². The van der Waals surface area contributed by atoms with Crippen molar-refractivity contribution < 1.29 is 19.1 Å². The van der Waals surface area contributed by atoms with Crippen LogP contribution < -0.4 is 14.8 Å². The second kappa shape index (κ2) is 8.78. The molecule has 0 fully saturated rings. The lowest BCUT2D eigenvalue weighted by Crippen LogP contribution is -2.37. The zero-order valence-corrected chi connectivity index (χ0v) is 18.3. The van der Waals surface area contributed by atoms with E-state index in [1.807, 2.05) is 63.2 Å². The number of carbonyl (C=O) groups excluding carboxylic acids is 2. The minimum atomic E-state index is -0.595. The molecule has 2 aromatic carbocycles. The molecule has 0 radical (unpaired) electrons. The molecule has 0 saturated carbocycles. The fraction of sp³-hybridized carbons (Fsp3) is 0.417. The fourth-order valence-corrected chi connectivity index (χ4v) is 3.54. The Morgan fingerprint density at radius 1 is 1.23 bits per heavy atom. The molecule has 1 atom stereocenters. The van der Waals surface area contributed by atoms with E-state index in [9.17, 15) is 9.59 Å². The topological polar surface area (TPSA) is 67.9 Å². The Kier molecular flexibility index (Phi) is 6.34. The van der Waals surface area contributed by atoms with E-state index < -0.39 is 6.10 Å². The summed E-state index contributed by atoms with van der Waals surface area (Å²) in [5.74, 6) is 1.28. The third-order valence-electron chi connectivity index (χ3n) is 4.91. The van der Waals surface area contributed by atoms with E-state index in [0.29, 0.717) is 30.9 Å². The molecule has 30 heavy (non-hydrogen) atoms. The van der Waals surface area contributed by atoms with Gasteiger partial charge in [-0.25, -0.2) is 0 Å². The predicted molar refractivity (Wildman–Crippen MR) is 116 cm³/mol. The molecule has 3 rings (SSSR count). The van der Waals surface area contributed by atoms with Gasteiger partial charge in [-0.2, -0.15) is 0 Å². The van der Waals surface area contributed by atoms with Gasteiger partial charge in [0, 0.05) is 36.3 Å². The number of para-hydroxylation sites is 1. The number of hydrogen-bond donors (Lipinski definition) is 1. The summed E-state index contributed by atoms with van der Waals surface area (Å²) >= 11 is 0. The zero-order valence-electron chi connectivity index (χ0n) is 18.3. The summed E-state index contributed by atoms with van der Waals surface area (Å²) in [4.78, 5) is 27.0. The van der Waals surface area contributed by atoms with Gasteiger partial charge in [0.2, 0.25) is 5.91 Å². The van der Waals surface area contributed by atoms with Crippen molar-refractivity contribution in [2.24, 2.45) is 5.41 Å². The maximum absolute atomic E-state index is 12.9. The Morgan fingerprint density at radius 3 is 2.67 bits per heavy atom. The van der Waals surface area contributed by atoms with Crippen molar-refractivity contribution in [3.63, 3.8) is 0 Å². The Labute approximate surface area is 178 Å². The molecule has 0 unspecified atom stereocenters. The van der Waals surface area contributed by atoms with Gasteiger partial charge in [-0.3, -0.25) is 9.59 Å². The van der Waals surface area contributed by atoms with Crippen LogP contribution in [0.4, 0.5) is 5.69 Å². The van der Waals surface area contributed by atoms with Crippen LogP contribution in [0.25, 0.3) is 0 Å². The van der Waals surface area contributed by atoms with E-state index in [-0.39, 0.29) is 17.2 Å². The van der Waals surface area contributed by atoms with Crippen molar-refractivity contribution >= 4 is 17.5 Å². The van der Waals surface area contributed by atoms with Crippen molar-refractivity contribution in [1.82, 2.24) is 4.90 Å². The molecule has 160 valence electrons. The summed E-state index contributed by atoms with van der Waals surface area (Å²) in [5, 5.41) is 2.96. The molecule has 0 aromatic heterocycles. The van der Waals surface area contributed by atoms with Crippen LogP contribution >= 0.6 is 0 Å². The number of rotatable bonds is 5. The first-order valence-corrected chi connectivity index (χ1v) is 10.2. The van der Waals surface area contributed by atoms with Crippen molar-refractivity contribution in [3.8, 4) is 11.5 Å². The highest BCUT2D eigenvalue weighted by Crippen LogP contribution is 2.31. The molecular weight excluding hydrogens is 380 g/mol. The number of hydrogen-bond acceptors (Lipinski definition) is 4. The molecule has 2 amide bonds. The average Bonchev–Trinajstić information content (AvgIpc) is 2.78. The number of anilines is 1. The molecule has 0 bridgehead atoms. The van der Waals surface area contributed by atoms with Crippen molar-refractivity contribution in [3.05, 3.63) is 53.6 Å². The molecule has 0 aliphatic carbocycles. The molecule has 6 heteroatoms. The minimum absolute atomic E-state index is 0.0349. The predicted octanol–water partition coefficient (Wildman–Crippen LogP) is 4.38. The maximum Gasteiger partial charge on any atom is 0.263 e. The Hall–Kier alpha value is -3.02. The van der Waals surface area contributed by atoms with Crippen LogP contribution in [-0.2, 0) is 22.7 Å². The number of fused-ring (bicyclic) bond motifs is 1. The van der Waals surface area contributed by atoms with Gasteiger partial charge >= 0.3 is 0 Å². The number of nitrogens with zero attached hydrogens (tertiary/aromatic N) is 1. The molecule has 1 aliphatic rings. The van der Waals surface area contributed by atoms with E-state index >= 15 is 0 Å². The summed E-state index contributed by atoms with van der Waals surface area (Å²) in [7, 11) is 1.62. The second-order valence-corrected chi connectivity index (χ2v) is 8.87. The standard InChI is InChI=1S/C24H30N2O4/c1-16-23(28)26(14-17-8-6-7-9-20(17)29-5)15-18-12-19(10-11-21(18)30-16)25-22(27)13-24(2,3)4/h6-12,16H,13-15H2,1-5H3,(H,25,27)/t16-/m1/s1. The Bertz CT molecular complexity index is 933. The number of benzene rings is 2. The monoisotopic (exact) mass is 410 g/mol. The number of ether oxygens (including phenoxy) is 2. The summed E-state index contributed by atoms with van der Waals surface area (Å²) < 4.78 is 11.3. The summed E-state index contributed by atoms with van der Waals surface area (Å²) in [5.41, 5.74) is 2.40. The zero-order chi connectivity index (χ0) is 21.9. The lowest BCUT2D eigenvalue weighted by Gasteiger charge is -2.23. The average molecular weight is 411 g/mol. The molecule has 0 saturated heterocycles. The maximum atomic E-state index is 12.9. The van der Waals surface area contributed by atoms with Crippen LogP contribution in [0.1, 0.15) is 45.2 Å². The van der Waals surface area contributed by atoms with E-state index in [1.165, 1.54) is 0 Å². The van der Waals surface area contributed by atoms with Gasteiger partial charge in [-0.1, -0.05) is 39.0 Å². The lowest BCUT2D eigenvalue weighted by molar-refractivity contribution is -0.138. The van der Waals surface area contributed by atoms with Gasteiger partial charge in [-0.05, 0) is 36.6 Å². The highest BCUT2D eigenvalue weighted by atomic mass is 16.5. The summed E-state index contributed by atoms with van der Waals surface area (Å²) in [6.07, 6.45) is -0.168. The molecule has 6 nitrogen and oxygen atoms in total. The molecule has 1 aliphatic heterocycles. The van der Waals surface area contributed by atoms with E-state index in [0.717, 1.165) is 16.9 Å². The van der Waals surface area contributed by atoms with Crippen LogP contribution in [0.15, 0.2) is 42.5 Å². The highest BCUT2D eigenvalue weighted by molar-refractivity contribution is 5.91. The van der Waals surface area contributed by atoms with Crippen molar-refractivity contribution in [2.45, 2.75) is 53.3 Å². The molecule has 1 N–H and O–H groups in total. The first-order valence-electron chi connectivity index (χ1n) is 10.2. The second-order valence-electron chi connectivity index (χ2n) is 8.87. The minimum Gasteiger partial charge on any atom is -0.496 e. The quantitative estimate of drug-likeness (QED) is 0.794. The first-order chi connectivity index (χ1) is 14.2. The summed E-state index contributed by atoms with van der Waals surface area (Å²) in [6, 6.07) is 13.2. The number of amides is 2. The summed E-state index contributed by atoms with van der Waals surface area (Å²) in [6.45, 7) is 8.64. The molecule has 0 spiro atoms. The van der Waals surface area contributed by atoms with E-state index in [1.54, 1.807) is 18.9 Å². The van der Waals surface area contributed by atoms with Crippen LogP contribution in [0.5, 0.6) is 11.5 Å². The van der Waals surface area contributed by atoms with Crippen LogP contribution in [0, 0.1) is 5.41 Å². The van der Waals surface area contributed by atoms with Gasteiger partial charge in [0.25, 0.3) is 5.91 Å². The fourth-order valence-electron chi connectivity index (χ4n) is 3.54. The number of nitrogens with one attached hydrogen (secondary N) is 1. The van der Waals surface area contributed by atoms with Gasteiger partial charge in [0.15, 0.2) is 6.10 Å². The SMILES string of the molecule is COc1ccccc1CN1Cc2cc(NC(=O)CC(C)(C)C)ccc2O[C@H](C)C1=O. The molecular formula is C24H30N2O4. The van der Waals surface area contributed by atoms with Gasteiger partial charge in [0.05, 0.1) is 7.11 Å². The van der Waals surface area contributed by atoms with Crippen molar-refractivity contribution in [2.75, 3.05) is 12.4 Å². The molecule has 1 heterocycles. The van der Waals surface area contributed by atoms with Crippen molar-refractivity contribution in [1.29, 1.82) is 0 Å². The van der Waals surface area contributed by atoms with Crippen LogP contribution in [0.3, 0.4) is 0 Å². The number of carbonyl (C=O) groups is 2. The lowest BCUT2D eigenvalue weighted by atomic mass is 9.92. The van der Waals surface area contributed by atoms with Crippen LogP contribution in [-0.4, -0.2) is 29.9 Å². The Balaban J connectivity index is 1.83. The smallest absolute Gasteiger partial charge is 0.263 e. The Morgan fingerprint density at radius 2 is 1.97 bits per heavy atom. The third-order valence-corrected chi connectivity index (χ3v) is 4.91.